The highest BCUT2D eigenvalue weighted by molar-refractivity contribution is 6.30. The van der Waals surface area contributed by atoms with Crippen molar-refractivity contribution >= 4 is 23.5 Å². The maximum absolute atomic E-state index is 14.0. The average Bonchev–Trinajstić information content (AvgIpc) is 3.09. The Morgan fingerprint density at radius 1 is 1.12 bits per heavy atom. The van der Waals surface area contributed by atoms with Gasteiger partial charge in [0.25, 0.3) is 5.91 Å². The van der Waals surface area contributed by atoms with Crippen molar-refractivity contribution in [2.75, 3.05) is 13.7 Å². The number of esters is 1. The van der Waals surface area contributed by atoms with Gasteiger partial charge in [-0.1, -0.05) is 54.1 Å². The Balaban J connectivity index is 1.63. The van der Waals surface area contributed by atoms with Crippen molar-refractivity contribution in [2.24, 2.45) is 0 Å². The maximum atomic E-state index is 14.0. The van der Waals surface area contributed by atoms with E-state index in [9.17, 15) is 14.0 Å². The molecule has 1 amide bonds. The number of fused-ring (bicyclic) bond motifs is 1. The molecule has 3 aromatic rings. The summed E-state index contributed by atoms with van der Waals surface area (Å²) in [5, 5.41) is 4.08. The number of halogens is 2. The number of amides is 1. The first-order chi connectivity index (χ1) is 16.0. The Kier molecular flexibility index (Phi) is 7.06. The first kappa shape index (κ1) is 23.0. The molecule has 1 aliphatic rings. The molecule has 4 rings (SSSR count). The van der Waals surface area contributed by atoms with E-state index >= 15 is 0 Å². The smallest absolute Gasteiger partial charge is 0.307 e. The summed E-state index contributed by atoms with van der Waals surface area (Å²) in [6.45, 7) is 0.459. The van der Waals surface area contributed by atoms with Crippen LogP contribution in [0.4, 0.5) is 4.39 Å². The number of benzene rings is 3. The Morgan fingerprint density at radius 3 is 2.61 bits per heavy atom. The summed E-state index contributed by atoms with van der Waals surface area (Å²) in [7, 11) is 1.32. The number of carbonyl (C=O) groups excluding carboxylic acids is 2. The summed E-state index contributed by atoms with van der Waals surface area (Å²) in [5.74, 6) is -0.915. The average molecular weight is 467 g/mol. The van der Waals surface area contributed by atoms with E-state index in [1.807, 2.05) is 42.5 Å². The molecule has 5 nitrogen and oxygen atoms in total. The second-order valence-electron chi connectivity index (χ2n) is 7.92. The Hall–Kier alpha value is -3.22. The fraction of sp³-hybridized carbons (Fsp3) is 0.231. The summed E-state index contributed by atoms with van der Waals surface area (Å²) in [5.41, 5.74) is 3.10. The Labute approximate surface area is 197 Å². The molecule has 3 aromatic carbocycles. The molecule has 1 N–H and O–H groups in total. The predicted octanol–water partition coefficient (Wildman–Crippen LogP) is 5.07. The zero-order chi connectivity index (χ0) is 23.4. The molecule has 0 saturated carbocycles. The minimum Gasteiger partial charge on any atom is -0.469 e. The minimum atomic E-state index is -0.546. The van der Waals surface area contributed by atoms with Gasteiger partial charge in [-0.2, -0.15) is 0 Å². The van der Waals surface area contributed by atoms with Gasteiger partial charge in [-0.3, -0.25) is 14.9 Å². The van der Waals surface area contributed by atoms with Gasteiger partial charge in [0.15, 0.2) is 0 Å². The van der Waals surface area contributed by atoms with E-state index in [1.165, 1.54) is 19.2 Å². The molecule has 1 heterocycles. The van der Waals surface area contributed by atoms with Gasteiger partial charge in [0.05, 0.1) is 13.5 Å². The van der Waals surface area contributed by atoms with Gasteiger partial charge in [0.1, 0.15) is 12.0 Å². The maximum Gasteiger partial charge on any atom is 0.307 e. The van der Waals surface area contributed by atoms with Gasteiger partial charge in [-0.25, -0.2) is 4.39 Å². The van der Waals surface area contributed by atoms with Crippen molar-refractivity contribution in [3.05, 3.63) is 106 Å². The lowest BCUT2D eigenvalue weighted by Crippen LogP contribution is -2.40. The van der Waals surface area contributed by atoms with Crippen LogP contribution in [0.2, 0.25) is 5.02 Å². The normalized spacial score (nSPS) is 15.9. The van der Waals surface area contributed by atoms with E-state index in [0.717, 1.165) is 11.1 Å². The van der Waals surface area contributed by atoms with E-state index in [4.69, 9.17) is 16.3 Å². The molecule has 2 atom stereocenters. The van der Waals surface area contributed by atoms with E-state index in [0.29, 0.717) is 29.1 Å². The summed E-state index contributed by atoms with van der Waals surface area (Å²) in [6.07, 6.45) is 0.160. The van der Waals surface area contributed by atoms with E-state index in [2.05, 4.69) is 5.32 Å². The number of hydrogen-bond donors (Lipinski definition) is 1. The molecule has 33 heavy (non-hydrogen) atoms. The number of ether oxygens (including phenoxy) is 1. The number of rotatable bonds is 8. The molecular formula is C26H24ClFN2O3. The van der Waals surface area contributed by atoms with Gasteiger partial charge in [0.2, 0.25) is 0 Å². The fourth-order valence-corrected chi connectivity index (χ4v) is 4.24. The van der Waals surface area contributed by atoms with E-state index in [1.54, 1.807) is 23.1 Å². The van der Waals surface area contributed by atoms with E-state index < -0.39 is 24.0 Å². The molecule has 0 aromatic heterocycles. The lowest BCUT2D eigenvalue weighted by molar-refractivity contribution is -0.141. The van der Waals surface area contributed by atoms with Crippen LogP contribution in [-0.2, 0) is 16.0 Å². The molecule has 0 unspecified atom stereocenters. The number of nitrogens with one attached hydrogen (secondary N) is 1. The fourth-order valence-electron chi connectivity index (χ4n) is 4.12. The van der Waals surface area contributed by atoms with Gasteiger partial charge in [-0.05, 0) is 47.9 Å². The molecule has 0 spiro atoms. The monoisotopic (exact) mass is 466 g/mol. The van der Waals surface area contributed by atoms with Crippen molar-refractivity contribution in [1.29, 1.82) is 0 Å². The van der Waals surface area contributed by atoms with Crippen LogP contribution in [0.25, 0.3) is 0 Å². The third-order valence-electron chi connectivity index (χ3n) is 5.82. The zero-order valence-electron chi connectivity index (χ0n) is 18.1. The summed E-state index contributed by atoms with van der Waals surface area (Å²) < 4.78 is 18.8. The second-order valence-corrected chi connectivity index (χ2v) is 8.36. The molecular weight excluding hydrogens is 443 g/mol. The van der Waals surface area contributed by atoms with Gasteiger partial charge in [-0.15, -0.1) is 0 Å². The Bertz CT molecular complexity index is 1150. The highest BCUT2D eigenvalue weighted by Gasteiger charge is 2.37. The third kappa shape index (κ3) is 5.24. The Morgan fingerprint density at radius 2 is 1.88 bits per heavy atom. The number of carbonyl (C=O) groups is 2. The van der Waals surface area contributed by atoms with Crippen molar-refractivity contribution in [3.63, 3.8) is 0 Å². The molecule has 7 heteroatoms. The standard InChI is InChI=1S/C26H24ClFN2O3/c1-33-24(31)16-23(18-5-4-6-20(28)15-18)29-25-21-7-2-3-8-22(21)26(32)30(25)14-13-17-9-11-19(27)12-10-17/h2-12,15,23,25,29H,13-14,16H2,1H3/t23-,25-/m1/s1. The van der Waals surface area contributed by atoms with Crippen molar-refractivity contribution < 1.29 is 18.7 Å². The third-order valence-corrected chi connectivity index (χ3v) is 6.07. The molecule has 0 saturated heterocycles. The van der Waals surface area contributed by atoms with Crippen molar-refractivity contribution in [1.82, 2.24) is 10.2 Å². The summed E-state index contributed by atoms with van der Waals surface area (Å²) >= 11 is 5.99. The van der Waals surface area contributed by atoms with Gasteiger partial charge >= 0.3 is 5.97 Å². The van der Waals surface area contributed by atoms with Crippen molar-refractivity contribution in [2.45, 2.75) is 25.0 Å². The van der Waals surface area contributed by atoms with Crippen LogP contribution in [0.5, 0.6) is 0 Å². The lowest BCUT2D eigenvalue weighted by Gasteiger charge is -2.30. The van der Waals surface area contributed by atoms with Gasteiger partial charge < -0.3 is 9.64 Å². The molecule has 1 aliphatic heterocycles. The van der Waals surface area contributed by atoms with Crippen LogP contribution in [0.3, 0.4) is 0 Å². The molecule has 0 aliphatic carbocycles. The lowest BCUT2D eigenvalue weighted by atomic mass is 10.0. The largest absolute Gasteiger partial charge is 0.469 e. The molecule has 0 radical (unpaired) electrons. The van der Waals surface area contributed by atoms with E-state index in [-0.39, 0.29) is 12.3 Å². The highest BCUT2D eigenvalue weighted by atomic mass is 35.5. The van der Waals surface area contributed by atoms with Crippen LogP contribution in [0.1, 0.15) is 45.7 Å². The molecule has 0 bridgehead atoms. The van der Waals surface area contributed by atoms with Crippen LogP contribution in [0.15, 0.2) is 72.8 Å². The molecule has 170 valence electrons. The molecule has 0 fully saturated rings. The highest BCUT2D eigenvalue weighted by Crippen LogP contribution is 2.34. The number of methoxy groups -OCH3 is 1. The first-order valence-corrected chi connectivity index (χ1v) is 11.1. The number of nitrogens with zero attached hydrogens (tertiary/aromatic N) is 1. The van der Waals surface area contributed by atoms with Crippen molar-refractivity contribution in [3.8, 4) is 0 Å². The quantitative estimate of drug-likeness (QED) is 0.471. The summed E-state index contributed by atoms with van der Waals surface area (Å²) in [6, 6.07) is 20.5. The first-order valence-electron chi connectivity index (χ1n) is 10.7. The van der Waals surface area contributed by atoms with Crippen LogP contribution in [-0.4, -0.2) is 30.4 Å². The minimum absolute atomic E-state index is 0.00215. The number of hydrogen-bond acceptors (Lipinski definition) is 4. The summed E-state index contributed by atoms with van der Waals surface area (Å²) in [4.78, 5) is 27.1. The van der Waals surface area contributed by atoms with Gasteiger partial charge in [0, 0.05) is 28.7 Å². The van der Waals surface area contributed by atoms with Crippen LogP contribution in [0, 0.1) is 5.82 Å². The topological polar surface area (TPSA) is 58.6 Å². The van der Waals surface area contributed by atoms with Crippen LogP contribution >= 0.6 is 11.6 Å². The predicted molar refractivity (Wildman–Crippen MR) is 124 cm³/mol. The van der Waals surface area contributed by atoms with Crippen LogP contribution < -0.4 is 5.32 Å². The second kappa shape index (κ2) is 10.1. The zero-order valence-corrected chi connectivity index (χ0v) is 18.9. The SMILES string of the molecule is COC(=O)C[C@@H](N[C@H]1c2ccccc2C(=O)N1CCc1ccc(Cl)cc1)c1cccc(F)c1.